The van der Waals surface area contributed by atoms with Gasteiger partial charge < -0.3 is 4.74 Å². The minimum atomic E-state index is -3.76. The summed E-state index contributed by atoms with van der Waals surface area (Å²) in [5, 5.41) is 9.17. The second-order valence-corrected chi connectivity index (χ2v) is 14.7. The third kappa shape index (κ3) is 4.76. The van der Waals surface area contributed by atoms with Crippen molar-refractivity contribution in [2.75, 3.05) is 20.3 Å². The molecule has 0 amide bonds. The Morgan fingerprint density at radius 3 is 2.68 bits per heavy atom. The highest BCUT2D eigenvalue weighted by Gasteiger charge is 2.58. The Morgan fingerprint density at radius 2 is 1.92 bits per heavy atom. The van der Waals surface area contributed by atoms with Crippen LogP contribution in [0.15, 0.2) is 23.2 Å². The van der Waals surface area contributed by atoms with Gasteiger partial charge >= 0.3 is 0 Å². The fourth-order valence-corrected chi connectivity index (χ4v) is 10.8. The summed E-state index contributed by atoms with van der Waals surface area (Å²) in [5.74, 6) is 5.24. The fourth-order valence-electron chi connectivity index (χ4n) is 9.46. The smallest absolute Gasteiger partial charge is 0.260 e. The SMILES string of the molecule is CCOC[C@H]1CC[C@@H]2C3CC[C@@]4(C)C(CCC4[C@@H](C)N(C)S(=O)(=O)c4cccc(C#N)n4)[C@@H]3CC[C@@H]2C1. The number of hydrogen-bond acceptors (Lipinski definition) is 5. The molecule has 0 N–H and O–H groups in total. The van der Waals surface area contributed by atoms with E-state index in [0.717, 1.165) is 49.2 Å². The zero-order valence-electron chi connectivity index (χ0n) is 23.1. The monoisotopic (exact) mass is 527 g/mol. The molecule has 0 aromatic carbocycles. The number of pyridine rings is 1. The Labute approximate surface area is 224 Å². The van der Waals surface area contributed by atoms with Crippen molar-refractivity contribution >= 4 is 10.0 Å². The van der Waals surface area contributed by atoms with Gasteiger partial charge in [0.15, 0.2) is 5.03 Å². The van der Waals surface area contributed by atoms with E-state index in [9.17, 15) is 13.7 Å². The number of aromatic nitrogens is 1. The van der Waals surface area contributed by atoms with Gasteiger partial charge in [-0.3, -0.25) is 0 Å². The molecule has 4 aliphatic carbocycles. The summed E-state index contributed by atoms with van der Waals surface area (Å²) in [6.07, 6.45) is 11.6. The van der Waals surface area contributed by atoms with Crippen molar-refractivity contribution in [3.05, 3.63) is 23.9 Å². The van der Waals surface area contributed by atoms with E-state index in [-0.39, 0.29) is 22.2 Å². The third-order valence-electron chi connectivity index (χ3n) is 11.3. The maximum Gasteiger partial charge on any atom is 0.260 e. The van der Waals surface area contributed by atoms with Crippen molar-refractivity contribution in [2.45, 2.75) is 89.6 Å². The van der Waals surface area contributed by atoms with E-state index < -0.39 is 10.0 Å². The summed E-state index contributed by atoms with van der Waals surface area (Å²) in [6.45, 7) is 8.44. The summed E-state index contributed by atoms with van der Waals surface area (Å²) in [4.78, 5) is 4.11. The highest BCUT2D eigenvalue weighted by molar-refractivity contribution is 7.89. The zero-order valence-corrected chi connectivity index (χ0v) is 23.9. The summed E-state index contributed by atoms with van der Waals surface area (Å²) >= 11 is 0. The molecule has 0 aliphatic heterocycles. The maximum absolute atomic E-state index is 13.5. The van der Waals surface area contributed by atoms with Crippen LogP contribution < -0.4 is 0 Å². The van der Waals surface area contributed by atoms with Gasteiger partial charge in [-0.25, -0.2) is 13.4 Å². The first-order valence-corrected chi connectivity index (χ1v) is 16.1. The number of nitriles is 1. The minimum absolute atomic E-state index is 0.0254. The van der Waals surface area contributed by atoms with Gasteiger partial charge in [0.2, 0.25) is 0 Å². The van der Waals surface area contributed by atoms with Gasteiger partial charge in [0.05, 0.1) is 0 Å². The standard InChI is InChI=1S/C30H45N3O3S/c1-5-36-19-21-9-11-24-22(17-21)10-12-26-25(24)15-16-30(3)27(13-14-28(26)30)20(2)33(4)37(34,35)29-8-6-7-23(18-31)32-29/h6-8,20-22,24-28H,5,9-17,19H2,1-4H3/t20-,21+,22-,24+,25?,26-,27?,28?,30-/m1/s1. The third-order valence-corrected chi connectivity index (χ3v) is 13.2. The highest BCUT2D eigenvalue weighted by Crippen LogP contribution is 2.65. The molecule has 5 rings (SSSR count). The highest BCUT2D eigenvalue weighted by atomic mass is 32.2. The van der Waals surface area contributed by atoms with E-state index in [1.165, 1.54) is 61.7 Å². The van der Waals surface area contributed by atoms with E-state index in [1.807, 2.05) is 6.07 Å². The van der Waals surface area contributed by atoms with E-state index in [1.54, 1.807) is 19.2 Å². The average Bonchev–Trinajstić information content (AvgIpc) is 3.27. The van der Waals surface area contributed by atoms with Crippen molar-refractivity contribution in [3.63, 3.8) is 0 Å². The van der Waals surface area contributed by atoms with Crippen LogP contribution in [-0.4, -0.2) is 44.0 Å². The van der Waals surface area contributed by atoms with Crippen LogP contribution in [-0.2, 0) is 14.8 Å². The summed E-state index contributed by atoms with van der Waals surface area (Å²) in [6, 6.07) is 6.51. The minimum Gasteiger partial charge on any atom is -0.381 e. The number of ether oxygens (including phenoxy) is 1. The number of sulfonamides is 1. The van der Waals surface area contributed by atoms with Crippen LogP contribution in [0.25, 0.3) is 0 Å². The Bertz CT molecular complexity index is 1120. The lowest BCUT2D eigenvalue weighted by Crippen LogP contribution is -2.51. The van der Waals surface area contributed by atoms with Gasteiger partial charge in [-0.05, 0) is 131 Å². The molecule has 204 valence electrons. The van der Waals surface area contributed by atoms with Gasteiger partial charge in [0.25, 0.3) is 10.0 Å². The largest absolute Gasteiger partial charge is 0.381 e. The van der Waals surface area contributed by atoms with E-state index >= 15 is 0 Å². The van der Waals surface area contributed by atoms with E-state index in [2.05, 4.69) is 25.8 Å². The molecule has 7 heteroatoms. The first-order valence-electron chi connectivity index (χ1n) is 14.6. The average molecular weight is 528 g/mol. The molecule has 0 spiro atoms. The van der Waals surface area contributed by atoms with Crippen LogP contribution in [0.1, 0.15) is 84.3 Å². The molecule has 0 radical (unpaired) electrons. The molecule has 0 saturated heterocycles. The first kappa shape index (κ1) is 27.1. The molecule has 9 atom stereocenters. The fraction of sp³-hybridized carbons (Fsp3) is 0.800. The predicted octanol–water partition coefficient (Wildman–Crippen LogP) is 5.88. The number of hydrogen-bond donors (Lipinski definition) is 0. The van der Waals surface area contributed by atoms with Crippen LogP contribution >= 0.6 is 0 Å². The lowest BCUT2D eigenvalue weighted by Gasteiger charge is -2.57. The Balaban J connectivity index is 1.29. The van der Waals surface area contributed by atoms with Gasteiger partial charge in [-0.15, -0.1) is 0 Å². The molecule has 1 aromatic rings. The van der Waals surface area contributed by atoms with Gasteiger partial charge in [0, 0.05) is 26.3 Å². The van der Waals surface area contributed by atoms with Gasteiger partial charge in [-0.1, -0.05) is 13.0 Å². The van der Waals surface area contributed by atoms with Crippen LogP contribution in [0.3, 0.4) is 0 Å². The van der Waals surface area contributed by atoms with Crippen LogP contribution in [0.5, 0.6) is 0 Å². The van der Waals surface area contributed by atoms with Crippen molar-refractivity contribution in [1.29, 1.82) is 5.26 Å². The number of nitrogens with zero attached hydrogens (tertiary/aromatic N) is 3. The van der Waals surface area contributed by atoms with E-state index in [4.69, 9.17) is 4.74 Å². The maximum atomic E-state index is 13.5. The van der Waals surface area contributed by atoms with Crippen molar-refractivity contribution < 1.29 is 13.2 Å². The van der Waals surface area contributed by atoms with Crippen LogP contribution in [0.4, 0.5) is 0 Å². The molecule has 6 nitrogen and oxygen atoms in total. The topological polar surface area (TPSA) is 83.3 Å². The molecule has 4 fully saturated rings. The Kier molecular flexibility index (Phi) is 7.75. The van der Waals surface area contributed by atoms with Crippen molar-refractivity contribution in [3.8, 4) is 6.07 Å². The molecule has 37 heavy (non-hydrogen) atoms. The summed E-state index contributed by atoms with van der Waals surface area (Å²) in [7, 11) is -2.06. The van der Waals surface area contributed by atoms with Crippen LogP contribution in [0, 0.1) is 58.2 Å². The summed E-state index contributed by atoms with van der Waals surface area (Å²) in [5.41, 5.74) is 0.321. The zero-order chi connectivity index (χ0) is 26.4. The quantitative estimate of drug-likeness (QED) is 0.442. The molecule has 0 bridgehead atoms. The Hall–Kier alpha value is -1.49. The molecular weight excluding hydrogens is 482 g/mol. The Morgan fingerprint density at radius 1 is 1.14 bits per heavy atom. The molecular formula is C30H45N3O3S. The lowest BCUT2D eigenvalue weighted by atomic mass is 9.49. The van der Waals surface area contributed by atoms with Gasteiger partial charge in [-0.2, -0.15) is 9.57 Å². The summed E-state index contributed by atoms with van der Waals surface area (Å²) < 4.78 is 34.3. The van der Waals surface area contributed by atoms with E-state index in [0.29, 0.717) is 11.8 Å². The molecule has 4 aliphatic rings. The second kappa shape index (κ2) is 10.6. The molecule has 4 saturated carbocycles. The molecule has 1 heterocycles. The van der Waals surface area contributed by atoms with Crippen LogP contribution in [0.2, 0.25) is 0 Å². The predicted molar refractivity (Wildman–Crippen MR) is 144 cm³/mol. The number of fused-ring (bicyclic) bond motifs is 5. The normalized spacial score (nSPS) is 38.3. The van der Waals surface area contributed by atoms with Crippen molar-refractivity contribution in [1.82, 2.24) is 9.29 Å². The van der Waals surface area contributed by atoms with Crippen molar-refractivity contribution in [2.24, 2.45) is 46.8 Å². The second-order valence-electron chi connectivity index (χ2n) is 12.7. The molecule has 3 unspecified atom stereocenters. The lowest BCUT2D eigenvalue weighted by molar-refractivity contribution is -0.0774. The first-order chi connectivity index (χ1) is 17.7. The van der Waals surface area contributed by atoms with Gasteiger partial charge in [0.1, 0.15) is 11.8 Å². The number of rotatable bonds is 7. The molecule has 1 aromatic heterocycles.